The highest BCUT2D eigenvalue weighted by Gasteiger charge is 2.12. The lowest BCUT2D eigenvalue weighted by Crippen LogP contribution is -2.25. The van der Waals surface area contributed by atoms with Gasteiger partial charge in [-0.2, -0.15) is 0 Å². The molecule has 1 atom stereocenters. The molecule has 0 aliphatic carbocycles. The minimum absolute atomic E-state index is 0.0418. The number of aliphatic hydroxyl groups excluding tert-OH is 1. The minimum atomic E-state index is -0.899. The van der Waals surface area contributed by atoms with E-state index in [9.17, 15) is 9.90 Å². The van der Waals surface area contributed by atoms with E-state index in [1.165, 1.54) is 29.4 Å². The molecule has 31 heavy (non-hydrogen) atoms. The molecule has 164 valence electrons. The smallest absolute Gasteiger partial charge is 0.333 e. The first-order valence-electron chi connectivity index (χ1n) is 10.8. The summed E-state index contributed by atoms with van der Waals surface area (Å²) in [5, 5.41) is 11.2. The van der Waals surface area contributed by atoms with Crippen molar-refractivity contribution >= 4 is 16.9 Å². The van der Waals surface area contributed by atoms with Crippen LogP contribution < -0.4 is 4.74 Å². The number of aliphatic hydroxyl groups is 1. The number of para-hydroxylation sites is 1. The maximum atomic E-state index is 11.4. The summed E-state index contributed by atoms with van der Waals surface area (Å²) in [4.78, 5) is 11.4. The third-order valence-corrected chi connectivity index (χ3v) is 5.14. The van der Waals surface area contributed by atoms with Gasteiger partial charge in [-0.15, -0.1) is 0 Å². The van der Waals surface area contributed by atoms with Crippen molar-refractivity contribution in [1.29, 1.82) is 0 Å². The molecule has 0 bridgehead atoms. The summed E-state index contributed by atoms with van der Waals surface area (Å²) in [5.41, 5.74) is 3.86. The Morgan fingerprint density at radius 3 is 2.55 bits per heavy atom. The second-order valence-corrected chi connectivity index (χ2v) is 7.82. The van der Waals surface area contributed by atoms with Gasteiger partial charge < -0.3 is 19.1 Å². The van der Waals surface area contributed by atoms with Gasteiger partial charge in [0.1, 0.15) is 25.1 Å². The van der Waals surface area contributed by atoms with E-state index in [0.29, 0.717) is 11.3 Å². The Balaban J connectivity index is 1.67. The van der Waals surface area contributed by atoms with Gasteiger partial charge in [-0.25, -0.2) is 4.79 Å². The second kappa shape index (κ2) is 10.8. The average molecular weight is 422 g/mol. The third kappa shape index (κ3) is 5.98. The van der Waals surface area contributed by atoms with Gasteiger partial charge >= 0.3 is 5.97 Å². The van der Waals surface area contributed by atoms with Crippen LogP contribution in [0.15, 0.2) is 66.7 Å². The largest absolute Gasteiger partial charge is 0.491 e. The standard InChI is InChI=1S/C26H31NO4/c1-4-5-8-15-27-24-10-7-6-9-21(24)16-25(27)20-11-13-23(14-12-20)30-17-22(28)18-31-26(29)19(2)3/h6-7,9-14,16,22,28H,2,4-5,8,15,17-18H2,1,3H3. The highest BCUT2D eigenvalue weighted by atomic mass is 16.5. The number of aromatic nitrogens is 1. The number of unbranched alkanes of at least 4 members (excludes halogenated alkanes) is 2. The Morgan fingerprint density at radius 2 is 1.84 bits per heavy atom. The zero-order valence-corrected chi connectivity index (χ0v) is 18.3. The summed E-state index contributed by atoms with van der Waals surface area (Å²) in [6, 6.07) is 18.6. The predicted octanol–water partition coefficient (Wildman–Crippen LogP) is 5.36. The van der Waals surface area contributed by atoms with Crippen LogP contribution in [0.4, 0.5) is 0 Å². The van der Waals surface area contributed by atoms with Crippen molar-refractivity contribution in [2.45, 2.75) is 45.8 Å². The monoisotopic (exact) mass is 421 g/mol. The molecule has 1 aromatic heterocycles. The van der Waals surface area contributed by atoms with Crippen molar-refractivity contribution in [1.82, 2.24) is 4.57 Å². The summed E-state index contributed by atoms with van der Waals surface area (Å²) >= 11 is 0. The zero-order valence-electron chi connectivity index (χ0n) is 18.3. The van der Waals surface area contributed by atoms with E-state index in [1.54, 1.807) is 6.92 Å². The Hall–Kier alpha value is -3.05. The molecule has 0 saturated carbocycles. The number of ether oxygens (including phenoxy) is 2. The van der Waals surface area contributed by atoms with E-state index >= 15 is 0 Å². The van der Waals surface area contributed by atoms with Crippen molar-refractivity contribution in [3.05, 3.63) is 66.7 Å². The lowest BCUT2D eigenvalue weighted by Gasteiger charge is -2.14. The predicted molar refractivity (Wildman–Crippen MR) is 124 cm³/mol. The van der Waals surface area contributed by atoms with Crippen LogP contribution in [-0.4, -0.2) is 35.0 Å². The fraction of sp³-hybridized carbons (Fsp3) is 0.346. The van der Waals surface area contributed by atoms with Crippen LogP contribution >= 0.6 is 0 Å². The van der Waals surface area contributed by atoms with Crippen LogP contribution in [0.25, 0.3) is 22.2 Å². The van der Waals surface area contributed by atoms with Crippen LogP contribution in [-0.2, 0) is 16.1 Å². The molecule has 0 radical (unpaired) electrons. The van der Waals surface area contributed by atoms with Crippen LogP contribution in [0.1, 0.15) is 33.1 Å². The molecule has 0 spiro atoms. The van der Waals surface area contributed by atoms with E-state index in [0.717, 1.165) is 18.5 Å². The number of carbonyl (C=O) groups excluding carboxylic acids is 1. The molecular formula is C26H31NO4. The number of aryl methyl sites for hydroxylation is 1. The van der Waals surface area contributed by atoms with Gasteiger partial charge in [0.2, 0.25) is 0 Å². The number of hydrogen-bond donors (Lipinski definition) is 1. The van der Waals surface area contributed by atoms with Gasteiger partial charge in [0.25, 0.3) is 0 Å². The summed E-state index contributed by atoms with van der Waals surface area (Å²) in [5.74, 6) is 0.139. The van der Waals surface area contributed by atoms with E-state index in [1.807, 2.05) is 24.3 Å². The van der Waals surface area contributed by atoms with E-state index in [-0.39, 0.29) is 13.2 Å². The van der Waals surface area contributed by atoms with Gasteiger partial charge in [0.15, 0.2) is 0 Å². The lowest BCUT2D eigenvalue weighted by atomic mass is 10.1. The molecule has 0 saturated heterocycles. The number of fused-ring (bicyclic) bond motifs is 1. The van der Waals surface area contributed by atoms with E-state index in [4.69, 9.17) is 9.47 Å². The molecule has 2 aromatic carbocycles. The molecular weight excluding hydrogens is 390 g/mol. The maximum absolute atomic E-state index is 11.4. The van der Waals surface area contributed by atoms with Crippen molar-refractivity contribution < 1.29 is 19.4 Å². The molecule has 5 nitrogen and oxygen atoms in total. The van der Waals surface area contributed by atoms with Crippen LogP contribution in [0.3, 0.4) is 0 Å². The second-order valence-electron chi connectivity index (χ2n) is 7.82. The van der Waals surface area contributed by atoms with Crippen molar-refractivity contribution in [2.75, 3.05) is 13.2 Å². The molecule has 5 heteroatoms. The maximum Gasteiger partial charge on any atom is 0.333 e. The van der Waals surface area contributed by atoms with Crippen molar-refractivity contribution in [2.24, 2.45) is 0 Å². The van der Waals surface area contributed by atoms with Gasteiger partial charge in [-0.3, -0.25) is 0 Å². The molecule has 0 fully saturated rings. The highest BCUT2D eigenvalue weighted by Crippen LogP contribution is 2.30. The normalized spacial score (nSPS) is 12.0. The summed E-state index contributed by atoms with van der Waals surface area (Å²) in [7, 11) is 0. The molecule has 1 unspecified atom stereocenters. The minimum Gasteiger partial charge on any atom is -0.491 e. The van der Waals surface area contributed by atoms with E-state index < -0.39 is 12.1 Å². The van der Waals surface area contributed by atoms with Gasteiger partial charge in [-0.1, -0.05) is 44.5 Å². The fourth-order valence-corrected chi connectivity index (χ4v) is 3.47. The van der Waals surface area contributed by atoms with Crippen LogP contribution in [0.5, 0.6) is 5.75 Å². The molecule has 3 aromatic rings. The highest BCUT2D eigenvalue weighted by molar-refractivity contribution is 5.87. The molecule has 1 N–H and O–H groups in total. The SMILES string of the molecule is C=C(C)C(=O)OCC(O)COc1ccc(-c2cc3ccccc3n2CCCCC)cc1. The summed E-state index contributed by atoms with van der Waals surface area (Å²) in [6.45, 7) is 8.20. The molecule has 3 rings (SSSR count). The fourth-order valence-electron chi connectivity index (χ4n) is 3.47. The van der Waals surface area contributed by atoms with Crippen molar-refractivity contribution in [3.8, 4) is 17.0 Å². The lowest BCUT2D eigenvalue weighted by molar-refractivity contribution is -0.142. The summed E-state index contributed by atoms with van der Waals surface area (Å²) < 4.78 is 13.0. The first-order valence-corrected chi connectivity index (χ1v) is 10.8. The van der Waals surface area contributed by atoms with Gasteiger partial charge in [-0.05, 0) is 55.3 Å². The Labute approximate surface area is 183 Å². The van der Waals surface area contributed by atoms with E-state index in [2.05, 4.69) is 48.4 Å². The quantitative estimate of drug-likeness (QED) is 0.257. The summed E-state index contributed by atoms with van der Waals surface area (Å²) in [6.07, 6.45) is 2.66. The topological polar surface area (TPSA) is 60.7 Å². The number of hydrogen-bond acceptors (Lipinski definition) is 4. The Kier molecular flexibility index (Phi) is 7.90. The number of carbonyl (C=O) groups is 1. The van der Waals surface area contributed by atoms with Crippen LogP contribution in [0, 0.1) is 0 Å². The van der Waals surface area contributed by atoms with Crippen LogP contribution in [0.2, 0.25) is 0 Å². The number of esters is 1. The third-order valence-electron chi connectivity index (χ3n) is 5.14. The number of rotatable bonds is 11. The first kappa shape index (κ1) is 22.6. The Bertz CT molecular complexity index is 1020. The average Bonchev–Trinajstić information content (AvgIpc) is 3.15. The first-order chi connectivity index (χ1) is 15.0. The number of nitrogens with zero attached hydrogens (tertiary/aromatic N) is 1. The molecule has 0 amide bonds. The molecule has 0 aliphatic heterocycles. The number of benzene rings is 2. The molecule has 0 aliphatic rings. The van der Waals surface area contributed by atoms with Gasteiger partial charge in [0.05, 0.1) is 0 Å². The Morgan fingerprint density at radius 1 is 1.10 bits per heavy atom. The molecule has 1 heterocycles. The van der Waals surface area contributed by atoms with Gasteiger partial charge in [0, 0.05) is 28.7 Å². The zero-order chi connectivity index (χ0) is 22.2. The van der Waals surface area contributed by atoms with Crippen molar-refractivity contribution in [3.63, 3.8) is 0 Å².